The normalized spacial score (nSPS) is 11.3. The first-order chi connectivity index (χ1) is 9.97. The van der Waals surface area contributed by atoms with Crippen LogP contribution in [-0.4, -0.2) is 23.7 Å². The van der Waals surface area contributed by atoms with Crippen molar-refractivity contribution in [3.8, 4) is 0 Å². The molecule has 0 fully saturated rings. The summed E-state index contributed by atoms with van der Waals surface area (Å²) in [6, 6.07) is 5.09. The third kappa shape index (κ3) is 5.21. The molecule has 0 bridgehead atoms. The molecule has 4 heteroatoms. The van der Waals surface area contributed by atoms with Gasteiger partial charge in [-0.15, -0.1) is 0 Å². The monoisotopic (exact) mass is 293 g/mol. The molecule has 1 aromatic rings. The van der Waals surface area contributed by atoms with Crippen LogP contribution in [0, 0.1) is 5.82 Å². The largest absolute Gasteiger partial charge is 0.478 e. The van der Waals surface area contributed by atoms with Gasteiger partial charge in [-0.2, -0.15) is 0 Å². The van der Waals surface area contributed by atoms with Crippen LogP contribution >= 0.6 is 0 Å². The number of benzene rings is 1. The SMILES string of the molecule is CCCCCN(c1cccc(F)c1/C=C/C(=O)O)C(C)C. The van der Waals surface area contributed by atoms with Gasteiger partial charge in [-0.05, 0) is 38.5 Å². The summed E-state index contributed by atoms with van der Waals surface area (Å²) in [7, 11) is 0. The Morgan fingerprint density at radius 1 is 1.38 bits per heavy atom. The third-order valence-electron chi connectivity index (χ3n) is 3.36. The predicted octanol–water partition coefficient (Wildman–Crippen LogP) is 4.33. The molecule has 21 heavy (non-hydrogen) atoms. The van der Waals surface area contributed by atoms with Gasteiger partial charge >= 0.3 is 5.97 Å². The molecule has 1 rings (SSSR count). The number of rotatable bonds is 8. The minimum absolute atomic E-state index is 0.223. The highest BCUT2D eigenvalue weighted by Crippen LogP contribution is 2.27. The van der Waals surface area contributed by atoms with Gasteiger partial charge in [0.1, 0.15) is 5.82 Å². The fourth-order valence-corrected chi connectivity index (χ4v) is 2.28. The first-order valence-electron chi connectivity index (χ1n) is 7.43. The van der Waals surface area contributed by atoms with Gasteiger partial charge in [0.25, 0.3) is 0 Å². The summed E-state index contributed by atoms with van der Waals surface area (Å²) in [5.41, 5.74) is 1.09. The number of aliphatic carboxylic acids is 1. The van der Waals surface area contributed by atoms with Crippen molar-refractivity contribution in [2.24, 2.45) is 0 Å². The van der Waals surface area contributed by atoms with Crippen LogP contribution in [0.1, 0.15) is 45.6 Å². The summed E-state index contributed by atoms with van der Waals surface area (Å²) in [4.78, 5) is 12.8. The zero-order valence-corrected chi connectivity index (χ0v) is 13.0. The molecule has 0 unspecified atom stereocenters. The molecule has 0 aliphatic carbocycles. The minimum Gasteiger partial charge on any atom is -0.478 e. The van der Waals surface area contributed by atoms with Crippen LogP contribution in [-0.2, 0) is 4.79 Å². The van der Waals surface area contributed by atoms with Crippen LogP contribution < -0.4 is 4.90 Å². The molecule has 0 aromatic heterocycles. The number of hydrogen-bond donors (Lipinski definition) is 1. The zero-order valence-electron chi connectivity index (χ0n) is 13.0. The van der Waals surface area contributed by atoms with Gasteiger partial charge in [0.05, 0.1) is 0 Å². The smallest absolute Gasteiger partial charge is 0.328 e. The van der Waals surface area contributed by atoms with Crippen LogP contribution in [0.25, 0.3) is 6.08 Å². The lowest BCUT2D eigenvalue weighted by Crippen LogP contribution is -2.32. The van der Waals surface area contributed by atoms with E-state index in [1.165, 1.54) is 12.1 Å². The van der Waals surface area contributed by atoms with Gasteiger partial charge in [0.2, 0.25) is 0 Å². The van der Waals surface area contributed by atoms with Crippen LogP contribution in [0.5, 0.6) is 0 Å². The molecule has 0 atom stereocenters. The predicted molar refractivity (Wildman–Crippen MR) is 85.1 cm³/mol. The molecule has 0 radical (unpaired) electrons. The van der Waals surface area contributed by atoms with Crippen molar-refractivity contribution < 1.29 is 14.3 Å². The first kappa shape index (κ1) is 17.2. The quantitative estimate of drug-likeness (QED) is 0.573. The second-order valence-electron chi connectivity index (χ2n) is 5.34. The summed E-state index contributed by atoms with van der Waals surface area (Å²) >= 11 is 0. The number of anilines is 1. The summed E-state index contributed by atoms with van der Waals surface area (Å²) < 4.78 is 14.0. The molecule has 3 nitrogen and oxygen atoms in total. The Morgan fingerprint density at radius 2 is 2.10 bits per heavy atom. The lowest BCUT2D eigenvalue weighted by atomic mass is 10.1. The van der Waals surface area contributed by atoms with E-state index in [-0.39, 0.29) is 6.04 Å². The van der Waals surface area contributed by atoms with Gasteiger partial charge in [-0.25, -0.2) is 9.18 Å². The molecule has 1 N–H and O–H groups in total. The van der Waals surface area contributed by atoms with Gasteiger partial charge in [0, 0.05) is 29.9 Å². The fourth-order valence-electron chi connectivity index (χ4n) is 2.28. The Morgan fingerprint density at radius 3 is 2.67 bits per heavy atom. The van der Waals surface area contributed by atoms with Gasteiger partial charge in [0.15, 0.2) is 0 Å². The molecule has 0 heterocycles. The van der Waals surface area contributed by atoms with E-state index in [9.17, 15) is 9.18 Å². The molecule has 0 spiro atoms. The summed E-state index contributed by atoms with van der Waals surface area (Å²) in [6.45, 7) is 7.09. The Hall–Kier alpha value is -1.84. The average molecular weight is 293 g/mol. The van der Waals surface area contributed by atoms with Crippen molar-refractivity contribution in [2.75, 3.05) is 11.4 Å². The standard InChI is InChI=1S/C17H24FNO2/c1-4-5-6-12-19(13(2)3)16-9-7-8-15(18)14(16)10-11-17(20)21/h7-11,13H,4-6,12H2,1-3H3,(H,20,21)/b11-10+. The minimum atomic E-state index is -1.08. The van der Waals surface area contributed by atoms with Crippen LogP contribution in [0.2, 0.25) is 0 Å². The van der Waals surface area contributed by atoms with Gasteiger partial charge in [-0.1, -0.05) is 25.8 Å². The summed E-state index contributed by atoms with van der Waals surface area (Å²) in [5.74, 6) is -1.47. The average Bonchev–Trinajstić information content (AvgIpc) is 2.41. The van der Waals surface area contributed by atoms with Crippen molar-refractivity contribution >= 4 is 17.7 Å². The van der Waals surface area contributed by atoms with Gasteiger partial charge in [-0.3, -0.25) is 0 Å². The number of carbonyl (C=O) groups is 1. The number of halogens is 1. The van der Waals surface area contributed by atoms with E-state index in [1.807, 2.05) is 6.07 Å². The van der Waals surface area contributed by atoms with E-state index in [2.05, 4.69) is 25.7 Å². The number of hydrogen-bond acceptors (Lipinski definition) is 2. The Kier molecular flexibility index (Phi) is 6.92. The van der Waals surface area contributed by atoms with Crippen LogP contribution in [0.4, 0.5) is 10.1 Å². The molecular weight excluding hydrogens is 269 g/mol. The molecule has 0 saturated heterocycles. The maximum absolute atomic E-state index is 14.0. The summed E-state index contributed by atoms with van der Waals surface area (Å²) in [6.07, 6.45) is 5.60. The van der Waals surface area contributed by atoms with E-state index >= 15 is 0 Å². The van der Waals surface area contributed by atoms with E-state index in [0.717, 1.165) is 37.6 Å². The van der Waals surface area contributed by atoms with Crippen molar-refractivity contribution in [1.82, 2.24) is 0 Å². The highest BCUT2D eigenvalue weighted by Gasteiger charge is 2.15. The first-order valence-corrected chi connectivity index (χ1v) is 7.43. The molecule has 0 aliphatic rings. The van der Waals surface area contributed by atoms with Crippen LogP contribution in [0.3, 0.4) is 0 Å². The second kappa shape index (κ2) is 8.45. The van der Waals surface area contributed by atoms with E-state index in [4.69, 9.17) is 5.11 Å². The number of carboxylic acid groups (broad SMARTS) is 1. The molecule has 0 amide bonds. The molecule has 116 valence electrons. The van der Waals surface area contributed by atoms with Crippen molar-refractivity contribution in [1.29, 1.82) is 0 Å². The van der Waals surface area contributed by atoms with E-state index < -0.39 is 11.8 Å². The number of carboxylic acids is 1. The zero-order chi connectivity index (χ0) is 15.8. The van der Waals surface area contributed by atoms with Crippen molar-refractivity contribution in [3.05, 3.63) is 35.7 Å². The number of nitrogens with zero attached hydrogens (tertiary/aromatic N) is 1. The van der Waals surface area contributed by atoms with E-state index in [1.54, 1.807) is 6.07 Å². The summed E-state index contributed by atoms with van der Waals surface area (Å²) in [5, 5.41) is 8.75. The van der Waals surface area contributed by atoms with Gasteiger partial charge < -0.3 is 10.0 Å². The maximum Gasteiger partial charge on any atom is 0.328 e. The van der Waals surface area contributed by atoms with E-state index in [0.29, 0.717) is 5.56 Å². The lowest BCUT2D eigenvalue weighted by molar-refractivity contribution is -0.131. The molecular formula is C17H24FNO2. The maximum atomic E-state index is 14.0. The Bertz CT molecular complexity index is 498. The van der Waals surface area contributed by atoms with Crippen molar-refractivity contribution in [2.45, 2.75) is 46.1 Å². The topological polar surface area (TPSA) is 40.5 Å². The Balaban J connectivity index is 3.12. The highest BCUT2D eigenvalue weighted by atomic mass is 19.1. The highest BCUT2D eigenvalue weighted by molar-refractivity contribution is 5.87. The second-order valence-corrected chi connectivity index (χ2v) is 5.34. The Labute approximate surface area is 126 Å². The molecule has 1 aromatic carbocycles. The van der Waals surface area contributed by atoms with Crippen molar-refractivity contribution in [3.63, 3.8) is 0 Å². The molecule has 0 saturated carbocycles. The third-order valence-corrected chi connectivity index (χ3v) is 3.36. The fraction of sp³-hybridized carbons (Fsp3) is 0.471. The lowest BCUT2D eigenvalue weighted by Gasteiger charge is -2.30. The molecule has 0 aliphatic heterocycles. The van der Waals surface area contributed by atoms with Crippen LogP contribution in [0.15, 0.2) is 24.3 Å². The number of unbranched alkanes of at least 4 members (excludes halogenated alkanes) is 2.